The molecule has 0 aliphatic heterocycles. The largest absolute Gasteiger partial charge is 0.335 e. The Morgan fingerprint density at radius 2 is 1.73 bits per heavy atom. The van der Waals surface area contributed by atoms with E-state index in [9.17, 15) is 12.3 Å². The highest BCUT2D eigenvalue weighted by Crippen LogP contribution is 2.25. The highest BCUT2D eigenvalue weighted by molar-refractivity contribution is 7.86. The van der Waals surface area contributed by atoms with Crippen LogP contribution >= 0.6 is 0 Å². The lowest BCUT2D eigenvalue weighted by Gasteiger charge is -2.21. The van der Waals surface area contributed by atoms with Crippen molar-refractivity contribution in [1.29, 1.82) is 0 Å². The fourth-order valence-electron chi connectivity index (χ4n) is 1.63. The standard InChI is InChI=1S/C9H15FN2O2S/c1-6-8(15(10,13)14)7(2)12(11-6)9(3,4)5/h1-5H3. The van der Waals surface area contributed by atoms with Crippen molar-refractivity contribution in [2.24, 2.45) is 0 Å². The van der Waals surface area contributed by atoms with Gasteiger partial charge in [0.05, 0.1) is 16.9 Å². The van der Waals surface area contributed by atoms with Crippen LogP contribution < -0.4 is 0 Å². The van der Waals surface area contributed by atoms with Crippen LogP contribution in [0.15, 0.2) is 4.90 Å². The average molecular weight is 234 g/mol. The van der Waals surface area contributed by atoms with Gasteiger partial charge in [0.25, 0.3) is 0 Å². The Morgan fingerprint density at radius 1 is 1.27 bits per heavy atom. The summed E-state index contributed by atoms with van der Waals surface area (Å²) in [6.07, 6.45) is 0. The van der Waals surface area contributed by atoms with Crippen molar-refractivity contribution in [2.75, 3.05) is 0 Å². The fourth-order valence-corrected chi connectivity index (χ4v) is 2.47. The Hall–Kier alpha value is -0.910. The molecule has 4 nitrogen and oxygen atoms in total. The molecule has 0 N–H and O–H groups in total. The van der Waals surface area contributed by atoms with Gasteiger partial charge in [0.2, 0.25) is 0 Å². The summed E-state index contributed by atoms with van der Waals surface area (Å²) < 4.78 is 36.3. The molecule has 0 unspecified atom stereocenters. The Labute approximate surface area is 89.3 Å². The molecule has 0 aliphatic rings. The average Bonchev–Trinajstić information content (AvgIpc) is 2.22. The van der Waals surface area contributed by atoms with Gasteiger partial charge in [0.1, 0.15) is 4.90 Å². The van der Waals surface area contributed by atoms with Gasteiger partial charge in [0.15, 0.2) is 0 Å². The minimum absolute atomic E-state index is 0.199. The molecule has 0 atom stereocenters. The highest BCUT2D eigenvalue weighted by Gasteiger charge is 2.27. The number of aromatic nitrogens is 2. The van der Waals surface area contributed by atoms with Crippen molar-refractivity contribution in [3.05, 3.63) is 11.4 Å². The summed E-state index contributed by atoms with van der Waals surface area (Å²) in [6.45, 7) is 8.67. The molecule has 1 aromatic rings. The third kappa shape index (κ3) is 2.19. The summed E-state index contributed by atoms with van der Waals surface area (Å²) in [5.41, 5.74) is 0.171. The molecule has 0 aromatic carbocycles. The molecule has 86 valence electrons. The second-order valence-corrected chi connectivity index (χ2v) is 5.80. The second-order valence-electron chi connectivity index (χ2n) is 4.52. The summed E-state index contributed by atoms with van der Waals surface area (Å²) >= 11 is 0. The van der Waals surface area contributed by atoms with Crippen molar-refractivity contribution < 1.29 is 12.3 Å². The summed E-state index contributed by atoms with van der Waals surface area (Å²) in [4.78, 5) is -0.308. The zero-order chi connectivity index (χ0) is 12.0. The number of rotatable bonds is 1. The third-order valence-corrected chi connectivity index (χ3v) is 3.18. The van der Waals surface area contributed by atoms with Crippen molar-refractivity contribution in [2.45, 2.75) is 45.1 Å². The highest BCUT2D eigenvalue weighted by atomic mass is 32.3. The quantitative estimate of drug-likeness (QED) is 0.697. The zero-order valence-corrected chi connectivity index (χ0v) is 10.3. The number of nitrogens with zero attached hydrogens (tertiary/aromatic N) is 2. The molecule has 0 saturated carbocycles. The minimum Gasteiger partial charge on any atom is -0.263 e. The molecule has 0 aliphatic carbocycles. The van der Waals surface area contributed by atoms with E-state index in [1.807, 2.05) is 20.8 Å². The number of aryl methyl sites for hydroxylation is 1. The van der Waals surface area contributed by atoms with Gasteiger partial charge in [-0.15, -0.1) is 3.89 Å². The monoisotopic (exact) mass is 234 g/mol. The van der Waals surface area contributed by atoms with E-state index < -0.39 is 10.2 Å². The predicted molar refractivity (Wildman–Crippen MR) is 55.0 cm³/mol. The van der Waals surface area contributed by atoms with Crippen molar-refractivity contribution in [1.82, 2.24) is 9.78 Å². The molecule has 1 heterocycles. The van der Waals surface area contributed by atoms with Gasteiger partial charge in [-0.3, -0.25) is 4.68 Å². The Kier molecular flexibility index (Phi) is 2.67. The molecule has 1 aromatic heterocycles. The molecule has 0 spiro atoms. The Balaban J connectivity index is 3.55. The maximum absolute atomic E-state index is 13.0. The molecular weight excluding hydrogens is 219 g/mol. The van der Waals surface area contributed by atoms with E-state index in [2.05, 4.69) is 5.10 Å². The van der Waals surface area contributed by atoms with E-state index in [0.29, 0.717) is 5.69 Å². The second kappa shape index (κ2) is 3.30. The summed E-state index contributed by atoms with van der Waals surface area (Å²) in [5.74, 6) is 0. The minimum atomic E-state index is -4.69. The van der Waals surface area contributed by atoms with Crippen molar-refractivity contribution in [3.8, 4) is 0 Å². The summed E-state index contributed by atoms with van der Waals surface area (Å²) in [6, 6.07) is 0. The number of hydrogen-bond acceptors (Lipinski definition) is 3. The molecule has 0 radical (unpaired) electrons. The van der Waals surface area contributed by atoms with E-state index in [1.165, 1.54) is 11.6 Å². The van der Waals surface area contributed by atoms with E-state index in [0.717, 1.165) is 0 Å². The first-order chi connectivity index (χ1) is 6.55. The van der Waals surface area contributed by atoms with Crippen LogP contribution in [-0.2, 0) is 15.8 Å². The van der Waals surface area contributed by atoms with Crippen LogP contribution in [0.4, 0.5) is 3.89 Å². The summed E-state index contributed by atoms with van der Waals surface area (Å²) in [5, 5.41) is 4.05. The smallest absolute Gasteiger partial charge is 0.263 e. The van der Waals surface area contributed by atoms with Crippen LogP contribution in [-0.4, -0.2) is 18.2 Å². The van der Waals surface area contributed by atoms with E-state index in [1.54, 1.807) is 6.92 Å². The first kappa shape index (κ1) is 12.2. The number of halogens is 1. The van der Waals surface area contributed by atoms with Gasteiger partial charge >= 0.3 is 10.2 Å². The molecule has 0 bridgehead atoms. The third-order valence-electron chi connectivity index (χ3n) is 2.10. The van der Waals surface area contributed by atoms with Crippen LogP contribution in [0.5, 0.6) is 0 Å². The van der Waals surface area contributed by atoms with Gasteiger partial charge in [0, 0.05) is 0 Å². The lowest BCUT2D eigenvalue weighted by atomic mass is 10.1. The first-order valence-corrected chi connectivity index (χ1v) is 5.95. The molecule has 15 heavy (non-hydrogen) atoms. The van der Waals surface area contributed by atoms with Gasteiger partial charge in [-0.05, 0) is 34.6 Å². The van der Waals surface area contributed by atoms with Crippen LogP contribution in [0.3, 0.4) is 0 Å². The van der Waals surface area contributed by atoms with Gasteiger partial charge in [-0.25, -0.2) is 0 Å². The van der Waals surface area contributed by atoms with Crippen LogP contribution in [0.25, 0.3) is 0 Å². The lowest BCUT2D eigenvalue weighted by Crippen LogP contribution is -2.24. The summed E-state index contributed by atoms with van der Waals surface area (Å²) in [7, 11) is -4.69. The maximum Gasteiger partial charge on any atom is 0.335 e. The topological polar surface area (TPSA) is 52.0 Å². The molecule has 6 heteroatoms. The SMILES string of the molecule is Cc1nn(C(C)(C)C)c(C)c1S(=O)(=O)F. The van der Waals surface area contributed by atoms with E-state index in [4.69, 9.17) is 0 Å². The molecule has 0 fully saturated rings. The van der Waals surface area contributed by atoms with Crippen LogP contribution in [0.2, 0.25) is 0 Å². The van der Waals surface area contributed by atoms with Gasteiger partial charge in [-0.1, -0.05) is 0 Å². The van der Waals surface area contributed by atoms with Gasteiger partial charge in [-0.2, -0.15) is 13.5 Å². The molecule has 0 amide bonds. The Bertz CT molecular complexity index is 483. The van der Waals surface area contributed by atoms with Gasteiger partial charge < -0.3 is 0 Å². The number of hydrogen-bond donors (Lipinski definition) is 0. The lowest BCUT2D eigenvalue weighted by molar-refractivity contribution is 0.345. The Morgan fingerprint density at radius 3 is 1.93 bits per heavy atom. The molecule has 0 saturated heterocycles. The first-order valence-electron chi connectivity index (χ1n) is 4.56. The maximum atomic E-state index is 13.0. The van der Waals surface area contributed by atoms with Crippen molar-refractivity contribution in [3.63, 3.8) is 0 Å². The molecule has 1 rings (SSSR count). The van der Waals surface area contributed by atoms with E-state index in [-0.39, 0.29) is 16.1 Å². The fraction of sp³-hybridized carbons (Fsp3) is 0.667. The normalized spacial score (nSPS) is 13.2. The van der Waals surface area contributed by atoms with E-state index >= 15 is 0 Å². The zero-order valence-electron chi connectivity index (χ0n) is 9.50. The predicted octanol–water partition coefficient (Wildman–Crippen LogP) is 1.91. The van der Waals surface area contributed by atoms with Crippen molar-refractivity contribution >= 4 is 10.2 Å². The van der Waals surface area contributed by atoms with Crippen LogP contribution in [0.1, 0.15) is 32.2 Å². The van der Waals surface area contributed by atoms with Crippen LogP contribution in [0, 0.1) is 13.8 Å². The molecular formula is C9H15FN2O2S.